The van der Waals surface area contributed by atoms with Gasteiger partial charge in [0, 0.05) is 35.6 Å². The van der Waals surface area contributed by atoms with Crippen LogP contribution >= 0.6 is 0 Å². The van der Waals surface area contributed by atoms with Crippen molar-refractivity contribution in [2.75, 3.05) is 17.7 Å². The van der Waals surface area contributed by atoms with Gasteiger partial charge >= 0.3 is 7.12 Å². The molecule has 4 N–H and O–H groups in total. The minimum atomic E-state index is -1.77. The molecule has 0 radical (unpaired) electrons. The average molecular weight is 481 g/mol. The van der Waals surface area contributed by atoms with Gasteiger partial charge in [0.15, 0.2) is 0 Å². The van der Waals surface area contributed by atoms with Gasteiger partial charge in [-0.05, 0) is 56.2 Å². The molecule has 0 aliphatic rings. The number of methoxy groups -OCH3 is 1. The van der Waals surface area contributed by atoms with Crippen LogP contribution in [0.4, 0.5) is 15.8 Å². The molecule has 1 heterocycles. The SMILES string of the molecule is COc1cc(NC(=O)C(=O)c2c(C)c(C(=O)Nc3ccc(F)c(C)c3)c(C)n2C)ccc1B(O)O. The van der Waals surface area contributed by atoms with Crippen molar-refractivity contribution < 1.29 is 33.6 Å². The molecule has 2 amide bonds. The first-order valence-electron chi connectivity index (χ1n) is 10.6. The zero-order valence-electron chi connectivity index (χ0n) is 19.9. The van der Waals surface area contributed by atoms with Crippen molar-refractivity contribution in [3.05, 3.63) is 70.3 Å². The molecule has 0 aliphatic heterocycles. The van der Waals surface area contributed by atoms with Crippen LogP contribution in [0.1, 0.15) is 37.7 Å². The van der Waals surface area contributed by atoms with Crippen LogP contribution in [0, 0.1) is 26.6 Å². The van der Waals surface area contributed by atoms with Crippen LogP contribution < -0.4 is 20.8 Å². The number of hydrogen-bond acceptors (Lipinski definition) is 6. The standard InChI is InChI=1S/C24H25BFN3O6/c1-12-10-15(7-9-18(12)26)27-23(31)20-13(2)21(29(4)14(20)3)22(30)24(32)28-16-6-8-17(25(33)34)19(11-16)35-5/h6-11,33-34H,1-5H3,(H,27,31)(H,28,32). The molecule has 0 fully saturated rings. The Kier molecular flexibility index (Phi) is 7.42. The van der Waals surface area contributed by atoms with E-state index < -0.39 is 30.5 Å². The maximum atomic E-state index is 13.5. The Bertz CT molecular complexity index is 1340. The Morgan fingerprint density at radius 2 is 1.63 bits per heavy atom. The molecular formula is C24H25BFN3O6. The second-order valence-electron chi connectivity index (χ2n) is 8.02. The highest BCUT2D eigenvalue weighted by atomic mass is 19.1. The van der Waals surface area contributed by atoms with Crippen LogP contribution in [0.5, 0.6) is 5.75 Å². The largest absolute Gasteiger partial charge is 0.497 e. The van der Waals surface area contributed by atoms with Crippen LogP contribution in [0.25, 0.3) is 0 Å². The van der Waals surface area contributed by atoms with E-state index in [1.54, 1.807) is 27.8 Å². The second kappa shape index (κ2) is 10.1. The molecule has 3 aromatic rings. The quantitative estimate of drug-likeness (QED) is 0.232. The smallest absolute Gasteiger partial charge is 0.492 e. The molecule has 2 aromatic carbocycles. The summed E-state index contributed by atoms with van der Waals surface area (Å²) < 4.78 is 20.1. The third kappa shape index (κ3) is 5.10. The number of carbonyl (C=O) groups excluding carboxylic acids is 3. The molecule has 35 heavy (non-hydrogen) atoms. The third-order valence-electron chi connectivity index (χ3n) is 5.76. The van der Waals surface area contributed by atoms with Crippen molar-refractivity contribution in [1.29, 1.82) is 0 Å². The van der Waals surface area contributed by atoms with Crippen LogP contribution in [-0.4, -0.2) is 46.4 Å². The van der Waals surface area contributed by atoms with Gasteiger partial charge in [-0.3, -0.25) is 14.4 Å². The highest BCUT2D eigenvalue weighted by Crippen LogP contribution is 2.24. The molecule has 1 aromatic heterocycles. The third-order valence-corrected chi connectivity index (χ3v) is 5.76. The van der Waals surface area contributed by atoms with Gasteiger partial charge in [-0.2, -0.15) is 0 Å². The Labute approximate surface area is 201 Å². The summed E-state index contributed by atoms with van der Waals surface area (Å²) in [5, 5.41) is 23.9. The van der Waals surface area contributed by atoms with E-state index >= 15 is 0 Å². The summed E-state index contributed by atoms with van der Waals surface area (Å²) in [6.45, 7) is 4.80. The molecule has 0 saturated carbocycles. The Hall–Kier alpha value is -3.96. The van der Waals surface area contributed by atoms with Crippen LogP contribution in [0.3, 0.4) is 0 Å². The first-order chi connectivity index (χ1) is 16.5. The van der Waals surface area contributed by atoms with Crippen molar-refractivity contribution in [1.82, 2.24) is 4.57 Å². The highest BCUT2D eigenvalue weighted by molar-refractivity contribution is 6.59. The number of carbonyl (C=O) groups is 3. The number of amides is 2. The van der Waals surface area contributed by atoms with Gasteiger partial charge in [0.25, 0.3) is 17.6 Å². The molecule has 0 atom stereocenters. The maximum Gasteiger partial charge on any atom is 0.492 e. The van der Waals surface area contributed by atoms with E-state index in [0.717, 1.165) is 0 Å². The van der Waals surface area contributed by atoms with Crippen LogP contribution in [0.15, 0.2) is 36.4 Å². The molecule has 0 spiro atoms. The van der Waals surface area contributed by atoms with Gasteiger partial charge in [-0.15, -0.1) is 0 Å². The van der Waals surface area contributed by atoms with E-state index in [0.29, 0.717) is 22.5 Å². The maximum absolute atomic E-state index is 13.5. The average Bonchev–Trinajstić information content (AvgIpc) is 3.03. The van der Waals surface area contributed by atoms with Crippen molar-refractivity contribution in [3.8, 4) is 5.75 Å². The van der Waals surface area contributed by atoms with Crippen molar-refractivity contribution in [2.24, 2.45) is 7.05 Å². The number of anilines is 2. The molecule has 0 saturated heterocycles. The molecule has 182 valence electrons. The summed E-state index contributed by atoms with van der Waals surface area (Å²) in [7, 11) is 1.13. The number of nitrogens with zero attached hydrogens (tertiary/aromatic N) is 1. The van der Waals surface area contributed by atoms with Crippen molar-refractivity contribution in [3.63, 3.8) is 0 Å². The molecule has 0 bridgehead atoms. The number of aryl methyl sites for hydroxylation is 1. The second-order valence-corrected chi connectivity index (χ2v) is 8.02. The molecule has 0 aliphatic carbocycles. The number of ether oxygens (including phenoxy) is 1. The Morgan fingerprint density at radius 1 is 1.00 bits per heavy atom. The Balaban J connectivity index is 1.86. The number of ketones is 1. The fourth-order valence-electron chi connectivity index (χ4n) is 3.85. The fraction of sp³-hybridized carbons (Fsp3) is 0.208. The van der Waals surface area contributed by atoms with Gasteiger partial charge in [-0.1, -0.05) is 6.07 Å². The van der Waals surface area contributed by atoms with E-state index in [1.165, 1.54) is 48.1 Å². The van der Waals surface area contributed by atoms with Gasteiger partial charge in [-0.25, -0.2) is 4.39 Å². The monoisotopic (exact) mass is 481 g/mol. The topological polar surface area (TPSA) is 130 Å². The number of Topliss-reactive ketones (excluding diaryl/α,β-unsaturated/α-hetero) is 1. The van der Waals surface area contributed by atoms with E-state index in [4.69, 9.17) is 4.74 Å². The lowest BCUT2D eigenvalue weighted by molar-refractivity contribution is -0.112. The van der Waals surface area contributed by atoms with Gasteiger partial charge < -0.3 is 30.0 Å². The normalized spacial score (nSPS) is 10.6. The molecule has 9 nitrogen and oxygen atoms in total. The zero-order chi connectivity index (χ0) is 26.0. The lowest BCUT2D eigenvalue weighted by atomic mass is 9.79. The van der Waals surface area contributed by atoms with E-state index in [1.807, 2.05) is 0 Å². The number of halogens is 1. The predicted molar refractivity (Wildman–Crippen MR) is 130 cm³/mol. The fourth-order valence-corrected chi connectivity index (χ4v) is 3.85. The summed E-state index contributed by atoms with van der Waals surface area (Å²) in [4.78, 5) is 38.7. The minimum Gasteiger partial charge on any atom is -0.497 e. The van der Waals surface area contributed by atoms with E-state index in [-0.39, 0.29) is 28.2 Å². The molecular weight excluding hydrogens is 456 g/mol. The molecule has 0 unspecified atom stereocenters. The highest BCUT2D eigenvalue weighted by Gasteiger charge is 2.29. The van der Waals surface area contributed by atoms with Gasteiger partial charge in [0.1, 0.15) is 11.6 Å². The number of nitrogens with one attached hydrogen (secondary N) is 2. The number of benzene rings is 2. The van der Waals surface area contributed by atoms with Gasteiger partial charge in [0.2, 0.25) is 0 Å². The van der Waals surface area contributed by atoms with E-state index in [2.05, 4.69) is 10.6 Å². The summed E-state index contributed by atoms with van der Waals surface area (Å²) >= 11 is 0. The number of hydrogen-bond donors (Lipinski definition) is 4. The summed E-state index contributed by atoms with van der Waals surface area (Å²) in [6, 6.07) is 8.28. The zero-order valence-corrected chi connectivity index (χ0v) is 19.9. The summed E-state index contributed by atoms with van der Waals surface area (Å²) in [5.41, 5.74) is 2.12. The van der Waals surface area contributed by atoms with Gasteiger partial charge in [0.05, 0.1) is 18.4 Å². The minimum absolute atomic E-state index is 0.0369. The van der Waals surface area contributed by atoms with Crippen LogP contribution in [0.2, 0.25) is 0 Å². The first-order valence-corrected chi connectivity index (χ1v) is 10.6. The molecule has 11 heteroatoms. The predicted octanol–water partition coefficient (Wildman–Crippen LogP) is 1.85. The van der Waals surface area contributed by atoms with Crippen molar-refractivity contribution in [2.45, 2.75) is 20.8 Å². The Morgan fingerprint density at radius 3 is 2.23 bits per heavy atom. The number of aromatic nitrogens is 1. The summed E-state index contributed by atoms with van der Waals surface area (Å²) in [5.74, 6) is -2.59. The molecule has 3 rings (SSSR count). The lowest BCUT2D eigenvalue weighted by Crippen LogP contribution is -2.31. The van der Waals surface area contributed by atoms with E-state index in [9.17, 15) is 28.8 Å². The summed E-state index contributed by atoms with van der Waals surface area (Å²) in [6.07, 6.45) is 0. The number of rotatable bonds is 7. The lowest BCUT2D eigenvalue weighted by Gasteiger charge is -2.11. The van der Waals surface area contributed by atoms with Crippen LogP contribution in [-0.2, 0) is 11.8 Å². The first kappa shape index (κ1) is 25.7. The van der Waals surface area contributed by atoms with Crippen molar-refractivity contribution >= 4 is 41.6 Å².